The first-order valence-corrected chi connectivity index (χ1v) is 4.92. The molecule has 0 aliphatic rings. The number of aromatic nitrogens is 2. The molecule has 1 aromatic heterocycles. The van der Waals surface area contributed by atoms with Crippen LogP contribution in [0.2, 0.25) is 0 Å². The van der Waals surface area contributed by atoms with E-state index in [1.807, 2.05) is 0 Å². The van der Waals surface area contributed by atoms with E-state index in [1.54, 1.807) is 12.4 Å². The minimum atomic E-state index is -4.31. The Labute approximate surface area is 95.7 Å². The predicted molar refractivity (Wildman–Crippen MR) is 56.5 cm³/mol. The van der Waals surface area contributed by atoms with Gasteiger partial charge in [0.05, 0.1) is 17.4 Å². The summed E-state index contributed by atoms with van der Waals surface area (Å²) in [5, 5.41) is 4.00. The lowest BCUT2D eigenvalue weighted by molar-refractivity contribution is -0.137. The van der Waals surface area contributed by atoms with E-state index in [2.05, 4.69) is 5.10 Å². The summed E-state index contributed by atoms with van der Waals surface area (Å²) in [4.78, 5) is 0. The zero-order chi connectivity index (χ0) is 12.5. The van der Waals surface area contributed by atoms with Crippen molar-refractivity contribution in [1.82, 2.24) is 9.78 Å². The van der Waals surface area contributed by atoms with Gasteiger partial charge in [0, 0.05) is 18.3 Å². The van der Waals surface area contributed by atoms with E-state index in [0.29, 0.717) is 12.2 Å². The second-order valence-corrected chi connectivity index (χ2v) is 3.54. The van der Waals surface area contributed by atoms with Gasteiger partial charge in [-0.3, -0.25) is 0 Å². The topological polar surface area (TPSA) is 43.8 Å². The van der Waals surface area contributed by atoms with Gasteiger partial charge in [0.25, 0.3) is 0 Å². The van der Waals surface area contributed by atoms with Crippen LogP contribution in [0.15, 0.2) is 36.7 Å². The summed E-state index contributed by atoms with van der Waals surface area (Å²) in [6, 6.07) is 4.80. The molecular formula is C11H10F3N3. The summed E-state index contributed by atoms with van der Waals surface area (Å²) in [7, 11) is 0. The van der Waals surface area contributed by atoms with Crippen LogP contribution < -0.4 is 5.73 Å². The maximum absolute atomic E-state index is 12.3. The molecule has 0 spiro atoms. The average Bonchev–Trinajstić information content (AvgIpc) is 2.76. The molecule has 2 aromatic rings. The van der Waals surface area contributed by atoms with Crippen LogP contribution in [-0.4, -0.2) is 9.78 Å². The second kappa shape index (κ2) is 4.21. The van der Waals surface area contributed by atoms with Crippen LogP contribution in [0.25, 0.3) is 5.69 Å². The van der Waals surface area contributed by atoms with Gasteiger partial charge in [-0.15, -0.1) is 0 Å². The van der Waals surface area contributed by atoms with E-state index in [4.69, 9.17) is 5.73 Å². The van der Waals surface area contributed by atoms with Gasteiger partial charge in [0.1, 0.15) is 0 Å². The monoisotopic (exact) mass is 241 g/mol. The van der Waals surface area contributed by atoms with Gasteiger partial charge >= 0.3 is 6.18 Å². The fourth-order valence-electron chi connectivity index (χ4n) is 1.41. The highest BCUT2D eigenvalue weighted by Crippen LogP contribution is 2.29. The van der Waals surface area contributed by atoms with Crippen LogP contribution in [0.4, 0.5) is 13.2 Å². The van der Waals surface area contributed by atoms with Crippen molar-refractivity contribution in [2.24, 2.45) is 5.73 Å². The molecule has 0 atom stereocenters. The van der Waals surface area contributed by atoms with Crippen molar-refractivity contribution in [3.8, 4) is 5.69 Å². The van der Waals surface area contributed by atoms with Crippen molar-refractivity contribution >= 4 is 0 Å². The summed E-state index contributed by atoms with van der Waals surface area (Å²) in [5.74, 6) is 0. The fourth-order valence-corrected chi connectivity index (χ4v) is 1.41. The lowest BCUT2D eigenvalue weighted by Crippen LogP contribution is -2.05. The molecule has 17 heavy (non-hydrogen) atoms. The van der Waals surface area contributed by atoms with Crippen LogP contribution in [0.3, 0.4) is 0 Å². The quantitative estimate of drug-likeness (QED) is 0.877. The van der Waals surface area contributed by atoms with Gasteiger partial charge in [-0.25, -0.2) is 4.68 Å². The zero-order valence-electron chi connectivity index (χ0n) is 8.78. The summed E-state index contributed by atoms with van der Waals surface area (Å²) in [6.07, 6.45) is -1.05. The fraction of sp³-hybridized carbons (Fsp3) is 0.182. The Balaban J connectivity index is 2.29. The Bertz CT molecular complexity index is 499. The van der Waals surface area contributed by atoms with E-state index < -0.39 is 11.7 Å². The Morgan fingerprint density at radius 2 is 1.82 bits per heavy atom. The molecule has 90 valence electrons. The Morgan fingerprint density at radius 1 is 1.18 bits per heavy atom. The van der Waals surface area contributed by atoms with Gasteiger partial charge in [0.15, 0.2) is 0 Å². The third kappa shape index (κ3) is 2.47. The molecule has 1 heterocycles. The zero-order valence-corrected chi connectivity index (χ0v) is 8.78. The first kappa shape index (κ1) is 11.7. The number of nitrogens with zero attached hydrogens (tertiary/aromatic N) is 2. The number of alkyl halides is 3. The molecule has 3 nitrogen and oxygen atoms in total. The molecular weight excluding hydrogens is 231 g/mol. The molecule has 0 radical (unpaired) electrons. The van der Waals surface area contributed by atoms with Gasteiger partial charge in [-0.1, -0.05) is 0 Å². The van der Waals surface area contributed by atoms with Crippen molar-refractivity contribution in [3.63, 3.8) is 0 Å². The minimum Gasteiger partial charge on any atom is -0.326 e. The number of rotatable bonds is 2. The molecule has 0 aliphatic carbocycles. The summed E-state index contributed by atoms with van der Waals surface area (Å²) >= 11 is 0. The third-order valence-corrected chi connectivity index (χ3v) is 2.33. The highest BCUT2D eigenvalue weighted by Gasteiger charge is 2.29. The highest BCUT2D eigenvalue weighted by molar-refractivity contribution is 5.35. The number of nitrogens with two attached hydrogens (primary N) is 1. The molecule has 2 N–H and O–H groups in total. The molecule has 0 amide bonds. The number of hydrogen-bond acceptors (Lipinski definition) is 2. The van der Waals surface area contributed by atoms with Crippen LogP contribution in [0, 0.1) is 0 Å². The first-order chi connectivity index (χ1) is 8.00. The van der Waals surface area contributed by atoms with Crippen molar-refractivity contribution in [2.75, 3.05) is 0 Å². The van der Waals surface area contributed by atoms with Crippen molar-refractivity contribution in [3.05, 3.63) is 47.8 Å². The van der Waals surface area contributed by atoms with Gasteiger partial charge in [0.2, 0.25) is 0 Å². The van der Waals surface area contributed by atoms with E-state index in [1.165, 1.54) is 16.8 Å². The SMILES string of the molecule is NCc1cnn(-c2ccc(C(F)(F)F)cc2)c1. The molecule has 2 rings (SSSR count). The number of benzene rings is 1. The predicted octanol–water partition coefficient (Wildman–Crippen LogP) is 2.35. The Hall–Kier alpha value is -1.82. The van der Waals surface area contributed by atoms with Crippen molar-refractivity contribution in [1.29, 1.82) is 0 Å². The van der Waals surface area contributed by atoms with Crippen LogP contribution in [0.5, 0.6) is 0 Å². The molecule has 0 bridgehead atoms. The first-order valence-electron chi connectivity index (χ1n) is 4.92. The molecule has 6 heteroatoms. The van der Waals surface area contributed by atoms with E-state index in [0.717, 1.165) is 17.7 Å². The lowest BCUT2D eigenvalue weighted by Gasteiger charge is -2.07. The van der Waals surface area contributed by atoms with Crippen molar-refractivity contribution in [2.45, 2.75) is 12.7 Å². The number of hydrogen-bond donors (Lipinski definition) is 1. The summed E-state index contributed by atoms with van der Waals surface area (Å²) < 4.78 is 38.5. The van der Waals surface area contributed by atoms with E-state index in [-0.39, 0.29) is 0 Å². The molecule has 0 saturated carbocycles. The molecule has 0 fully saturated rings. The largest absolute Gasteiger partial charge is 0.416 e. The third-order valence-electron chi connectivity index (χ3n) is 2.33. The Kier molecular flexibility index (Phi) is 2.89. The lowest BCUT2D eigenvalue weighted by atomic mass is 10.2. The van der Waals surface area contributed by atoms with Crippen molar-refractivity contribution < 1.29 is 13.2 Å². The second-order valence-electron chi connectivity index (χ2n) is 3.54. The normalized spacial score (nSPS) is 11.8. The van der Waals surface area contributed by atoms with Crippen LogP contribution in [-0.2, 0) is 12.7 Å². The summed E-state index contributed by atoms with van der Waals surface area (Å²) in [6.45, 7) is 0.348. The highest BCUT2D eigenvalue weighted by atomic mass is 19.4. The maximum Gasteiger partial charge on any atom is 0.416 e. The van der Waals surface area contributed by atoms with E-state index >= 15 is 0 Å². The number of halogens is 3. The van der Waals surface area contributed by atoms with E-state index in [9.17, 15) is 13.2 Å². The van der Waals surface area contributed by atoms with Crippen LogP contribution >= 0.6 is 0 Å². The maximum atomic E-state index is 12.3. The Morgan fingerprint density at radius 3 is 2.29 bits per heavy atom. The van der Waals surface area contributed by atoms with Gasteiger partial charge < -0.3 is 5.73 Å². The molecule has 0 saturated heterocycles. The standard InChI is InChI=1S/C11H10F3N3/c12-11(13,14)9-1-3-10(4-2-9)17-7-8(5-15)6-16-17/h1-4,6-7H,5,15H2. The minimum absolute atomic E-state index is 0.348. The average molecular weight is 241 g/mol. The smallest absolute Gasteiger partial charge is 0.326 e. The summed E-state index contributed by atoms with van der Waals surface area (Å²) in [5.41, 5.74) is 6.14. The molecule has 1 aromatic carbocycles. The molecule has 0 aliphatic heterocycles. The van der Waals surface area contributed by atoms with Gasteiger partial charge in [-0.2, -0.15) is 18.3 Å². The van der Waals surface area contributed by atoms with Crippen LogP contribution in [0.1, 0.15) is 11.1 Å². The van der Waals surface area contributed by atoms with Gasteiger partial charge in [-0.05, 0) is 24.3 Å². The molecule has 0 unspecified atom stereocenters.